The lowest BCUT2D eigenvalue weighted by Gasteiger charge is -2.44. The molecular weight excluding hydrogens is 350 g/mol. The van der Waals surface area contributed by atoms with Crippen LogP contribution in [0.1, 0.15) is 58.3 Å². The lowest BCUT2D eigenvalue weighted by atomic mass is 9.67. The second-order valence-corrected chi connectivity index (χ2v) is 8.55. The summed E-state index contributed by atoms with van der Waals surface area (Å²) in [6.07, 6.45) is 4.02. The Morgan fingerprint density at radius 3 is 2.50 bits per heavy atom. The highest BCUT2D eigenvalue weighted by atomic mass is 16.5. The minimum Gasteiger partial charge on any atom is -0.495 e. The minimum atomic E-state index is -0.288. The van der Waals surface area contributed by atoms with Crippen LogP contribution < -0.4 is 10.1 Å². The van der Waals surface area contributed by atoms with Gasteiger partial charge in [-0.2, -0.15) is 0 Å². The first kappa shape index (κ1) is 17.6. The number of ether oxygens (including phenoxy) is 2. The van der Waals surface area contributed by atoms with Crippen LogP contribution in [0.15, 0.2) is 36.4 Å². The Kier molecular flexibility index (Phi) is 4.11. The molecule has 5 atom stereocenters. The Hall–Kier alpha value is -2.49. The van der Waals surface area contributed by atoms with Gasteiger partial charge in [0.1, 0.15) is 5.75 Å². The molecule has 2 fully saturated rings. The van der Waals surface area contributed by atoms with E-state index in [-0.39, 0.29) is 12.0 Å². The smallest absolute Gasteiger partial charge is 0.337 e. The molecule has 5 rings (SSSR count). The van der Waals surface area contributed by atoms with Crippen molar-refractivity contribution in [3.63, 3.8) is 0 Å². The zero-order valence-corrected chi connectivity index (χ0v) is 16.7. The van der Waals surface area contributed by atoms with Crippen molar-refractivity contribution in [3.8, 4) is 5.75 Å². The number of hydrogen-bond acceptors (Lipinski definition) is 4. The summed E-state index contributed by atoms with van der Waals surface area (Å²) in [6.45, 7) is 2.23. The summed E-state index contributed by atoms with van der Waals surface area (Å²) in [5.74, 6) is 3.38. The fraction of sp³-hybridized carbons (Fsp3) is 0.458. The van der Waals surface area contributed by atoms with Gasteiger partial charge in [-0.3, -0.25) is 0 Å². The van der Waals surface area contributed by atoms with Crippen LogP contribution in [0.3, 0.4) is 0 Å². The number of carbonyl (C=O) groups is 1. The summed E-state index contributed by atoms with van der Waals surface area (Å²) in [5.41, 5.74) is 5.84. The lowest BCUT2D eigenvalue weighted by Crippen LogP contribution is -2.36. The summed E-state index contributed by atoms with van der Waals surface area (Å²) in [4.78, 5) is 11.8. The number of benzene rings is 2. The predicted molar refractivity (Wildman–Crippen MR) is 109 cm³/mol. The van der Waals surface area contributed by atoms with Gasteiger partial charge in [-0.15, -0.1) is 0 Å². The van der Waals surface area contributed by atoms with Crippen LogP contribution in [0, 0.1) is 24.7 Å². The fourth-order valence-corrected chi connectivity index (χ4v) is 6.20. The maximum absolute atomic E-state index is 11.8. The predicted octanol–water partition coefficient (Wildman–Crippen LogP) is 5.09. The maximum Gasteiger partial charge on any atom is 0.337 e. The number of methoxy groups -OCH3 is 2. The highest BCUT2D eigenvalue weighted by Gasteiger charge is 2.54. The van der Waals surface area contributed by atoms with Crippen molar-refractivity contribution in [2.45, 2.75) is 38.1 Å². The van der Waals surface area contributed by atoms with Crippen LogP contribution in [-0.2, 0) is 4.74 Å². The highest BCUT2D eigenvalue weighted by Crippen LogP contribution is 2.65. The second-order valence-electron chi connectivity index (χ2n) is 8.55. The van der Waals surface area contributed by atoms with Gasteiger partial charge in [0.2, 0.25) is 0 Å². The number of nitrogens with one attached hydrogen (secondary N) is 1. The fourth-order valence-electron chi connectivity index (χ4n) is 6.20. The number of hydrogen-bond donors (Lipinski definition) is 1. The Morgan fingerprint density at radius 1 is 1.04 bits per heavy atom. The summed E-state index contributed by atoms with van der Waals surface area (Å²) >= 11 is 0. The van der Waals surface area contributed by atoms with Gasteiger partial charge in [-0.25, -0.2) is 4.79 Å². The van der Waals surface area contributed by atoms with Crippen LogP contribution in [0.4, 0.5) is 5.69 Å². The molecule has 3 aliphatic rings. The zero-order chi connectivity index (χ0) is 19.4. The van der Waals surface area contributed by atoms with Crippen molar-refractivity contribution in [2.75, 3.05) is 19.5 Å². The van der Waals surface area contributed by atoms with E-state index < -0.39 is 0 Å². The molecule has 1 N–H and O–H groups in total. The molecule has 0 aromatic heterocycles. The molecule has 2 bridgehead atoms. The van der Waals surface area contributed by atoms with Gasteiger partial charge in [0, 0.05) is 0 Å². The molecule has 0 unspecified atom stereocenters. The summed E-state index contributed by atoms with van der Waals surface area (Å²) in [5, 5.41) is 3.85. The molecule has 0 spiro atoms. The molecule has 28 heavy (non-hydrogen) atoms. The highest BCUT2D eigenvalue weighted by molar-refractivity contribution is 5.89. The van der Waals surface area contributed by atoms with E-state index in [1.165, 1.54) is 48.8 Å². The number of rotatable bonds is 3. The molecule has 1 heterocycles. The Morgan fingerprint density at radius 2 is 1.79 bits per heavy atom. The molecule has 0 radical (unpaired) electrons. The van der Waals surface area contributed by atoms with E-state index in [0.717, 1.165) is 17.6 Å². The van der Waals surface area contributed by atoms with Crippen LogP contribution in [-0.4, -0.2) is 20.2 Å². The number of carbonyl (C=O) groups excluding carboxylic acids is 1. The third kappa shape index (κ3) is 2.47. The quantitative estimate of drug-likeness (QED) is 0.757. The standard InChI is InChI=1S/C24H27NO3/c1-13-4-11-18(27-2)23-19(13)20-16-9-10-17(12-16)21(20)22(25-23)14-5-7-15(8-6-14)24(26)28-3/h4-8,11,16-17,20-22,25H,9-10,12H2,1-3H3/t16-,17-,20-,21-,22-/m0/s1. The van der Waals surface area contributed by atoms with E-state index in [4.69, 9.17) is 9.47 Å². The van der Waals surface area contributed by atoms with Gasteiger partial charge in [0.05, 0.1) is 31.5 Å². The molecule has 2 aromatic carbocycles. The Labute approximate surface area is 166 Å². The molecule has 2 aliphatic carbocycles. The molecule has 2 aromatic rings. The number of anilines is 1. The topological polar surface area (TPSA) is 47.6 Å². The summed E-state index contributed by atoms with van der Waals surface area (Å²) < 4.78 is 10.6. The van der Waals surface area contributed by atoms with Crippen LogP contribution in [0.5, 0.6) is 5.75 Å². The normalized spacial score (nSPS) is 29.6. The third-order valence-corrected chi connectivity index (χ3v) is 7.33. The van der Waals surface area contributed by atoms with Crippen molar-refractivity contribution in [3.05, 3.63) is 58.7 Å². The van der Waals surface area contributed by atoms with E-state index in [2.05, 4.69) is 36.5 Å². The monoisotopic (exact) mass is 377 g/mol. The van der Waals surface area contributed by atoms with Crippen LogP contribution in [0.25, 0.3) is 0 Å². The second kappa shape index (κ2) is 6.54. The zero-order valence-electron chi connectivity index (χ0n) is 16.7. The third-order valence-electron chi connectivity index (χ3n) is 7.33. The minimum absolute atomic E-state index is 0.246. The Balaban J connectivity index is 1.60. The lowest BCUT2D eigenvalue weighted by molar-refractivity contribution is 0.0600. The van der Waals surface area contributed by atoms with Gasteiger partial charge < -0.3 is 14.8 Å². The largest absolute Gasteiger partial charge is 0.495 e. The first-order chi connectivity index (χ1) is 13.6. The molecule has 0 amide bonds. The van der Waals surface area contributed by atoms with E-state index in [9.17, 15) is 4.79 Å². The van der Waals surface area contributed by atoms with Crippen molar-refractivity contribution in [1.29, 1.82) is 0 Å². The molecular formula is C24H27NO3. The molecule has 0 saturated heterocycles. The molecule has 2 saturated carbocycles. The number of aryl methyl sites for hydroxylation is 1. The van der Waals surface area contributed by atoms with Crippen molar-refractivity contribution < 1.29 is 14.3 Å². The van der Waals surface area contributed by atoms with E-state index >= 15 is 0 Å². The number of esters is 1. The SMILES string of the molecule is COC(=O)c1ccc([C@@H]2Nc3c(OC)ccc(C)c3[C@@H]3[C@H]4CC[C@@H](C4)[C@@H]32)cc1. The summed E-state index contributed by atoms with van der Waals surface area (Å²) in [6, 6.07) is 12.5. The van der Waals surface area contributed by atoms with Crippen LogP contribution in [0.2, 0.25) is 0 Å². The average molecular weight is 377 g/mol. The van der Waals surface area contributed by atoms with Crippen LogP contribution >= 0.6 is 0 Å². The van der Waals surface area contributed by atoms with Crippen molar-refractivity contribution in [1.82, 2.24) is 0 Å². The average Bonchev–Trinajstić information content (AvgIpc) is 3.35. The summed E-state index contributed by atoms with van der Waals surface area (Å²) in [7, 11) is 3.17. The molecule has 146 valence electrons. The molecule has 4 nitrogen and oxygen atoms in total. The maximum atomic E-state index is 11.8. The van der Waals surface area contributed by atoms with Gasteiger partial charge in [0.25, 0.3) is 0 Å². The van der Waals surface area contributed by atoms with E-state index in [1.807, 2.05) is 12.1 Å². The van der Waals surface area contributed by atoms with Crippen molar-refractivity contribution >= 4 is 11.7 Å². The van der Waals surface area contributed by atoms with Gasteiger partial charge in [0.15, 0.2) is 0 Å². The molecule has 1 aliphatic heterocycles. The van der Waals surface area contributed by atoms with Gasteiger partial charge >= 0.3 is 5.97 Å². The van der Waals surface area contributed by atoms with E-state index in [1.54, 1.807) is 7.11 Å². The first-order valence-corrected chi connectivity index (χ1v) is 10.2. The first-order valence-electron chi connectivity index (χ1n) is 10.2. The Bertz CT molecular complexity index is 920. The van der Waals surface area contributed by atoms with Crippen molar-refractivity contribution in [2.24, 2.45) is 17.8 Å². The van der Waals surface area contributed by atoms with Gasteiger partial charge in [-0.1, -0.05) is 18.2 Å². The van der Waals surface area contributed by atoms with E-state index in [0.29, 0.717) is 17.4 Å². The number of fused-ring (bicyclic) bond motifs is 7. The van der Waals surface area contributed by atoms with Gasteiger partial charge in [-0.05, 0) is 84.7 Å². The molecule has 4 heteroatoms.